The smallest absolute Gasteiger partial charge is 0.123 e. The number of anilines is 1. The summed E-state index contributed by atoms with van der Waals surface area (Å²) < 4.78 is 12.7. The maximum atomic E-state index is 12.7. The van der Waals surface area contributed by atoms with Gasteiger partial charge in [0.2, 0.25) is 0 Å². The molecule has 0 atom stereocenters. The molecule has 0 aliphatic rings. The third-order valence-electron chi connectivity index (χ3n) is 2.26. The molecule has 1 aromatic rings. The van der Waals surface area contributed by atoms with Gasteiger partial charge in [0, 0.05) is 17.8 Å². The van der Waals surface area contributed by atoms with Gasteiger partial charge in [0.25, 0.3) is 0 Å². The molecule has 0 saturated carbocycles. The van der Waals surface area contributed by atoms with Gasteiger partial charge in [0.05, 0.1) is 0 Å². The van der Waals surface area contributed by atoms with E-state index in [0.29, 0.717) is 0 Å². The first-order chi connectivity index (χ1) is 6.45. The minimum Gasteiger partial charge on any atom is -0.367 e. The van der Waals surface area contributed by atoms with Crippen LogP contribution in [0.3, 0.4) is 0 Å². The van der Waals surface area contributed by atoms with Gasteiger partial charge in [-0.2, -0.15) is 0 Å². The first-order valence-electron chi connectivity index (χ1n) is 4.98. The summed E-state index contributed by atoms with van der Waals surface area (Å²) in [5.74, 6) is -0.182. The van der Waals surface area contributed by atoms with Gasteiger partial charge in [-0.15, -0.1) is 0 Å². The molecule has 2 heteroatoms. The van der Waals surface area contributed by atoms with Crippen LogP contribution in [0.1, 0.15) is 27.7 Å². The van der Waals surface area contributed by atoms with Gasteiger partial charge in [0.15, 0.2) is 0 Å². The van der Waals surface area contributed by atoms with Crippen LogP contribution in [0.4, 0.5) is 10.1 Å². The van der Waals surface area contributed by atoms with Crippen LogP contribution in [0.5, 0.6) is 0 Å². The van der Waals surface area contributed by atoms with Gasteiger partial charge in [-0.1, -0.05) is 0 Å². The lowest BCUT2D eigenvalue weighted by Gasteiger charge is -2.36. The fourth-order valence-electron chi connectivity index (χ4n) is 1.67. The number of halogens is 1. The van der Waals surface area contributed by atoms with Gasteiger partial charge in [-0.3, -0.25) is 0 Å². The second-order valence-corrected chi connectivity index (χ2v) is 4.39. The van der Waals surface area contributed by atoms with Crippen LogP contribution in [-0.2, 0) is 0 Å². The summed E-state index contributed by atoms with van der Waals surface area (Å²) >= 11 is 0. The zero-order valence-electron chi connectivity index (χ0n) is 9.34. The Morgan fingerprint density at radius 1 is 1.14 bits per heavy atom. The highest BCUT2D eigenvalue weighted by molar-refractivity contribution is 5.48. The minimum absolute atomic E-state index is 0.0760. The lowest BCUT2D eigenvalue weighted by molar-refractivity contribution is 0.512. The Kier molecular flexibility index (Phi) is 3.14. The summed E-state index contributed by atoms with van der Waals surface area (Å²) in [4.78, 5) is 2.24. The molecule has 14 heavy (non-hydrogen) atoms. The topological polar surface area (TPSA) is 3.24 Å². The Labute approximate surface area is 85.5 Å². The van der Waals surface area contributed by atoms with Gasteiger partial charge in [0.1, 0.15) is 5.82 Å². The molecule has 1 nitrogen and oxygen atoms in total. The van der Waals surface area contributed by atoms with Crippen LogP contribution in [0.15, 0.2) is 24.3 Å². The summed E-state index contributed by atoms with van der Waals surface area (Å²) in [5.41, 5.74) is 1.15. The normalized spacial score (nSPS) is 11.5. The van der Waals surface area contributed by atoms with E-state index in [1.807, 2.05) is 12.1 Å². The van der Waals surface area contributed by atoms with Crippen LogP contribution >= 0.6 is 0 Å². The van der Waals surface area contributed by atoms with E-state index in [4.69, 9.17) is 0 Å². The van der Waals surface area contributed by atoms with Gasteiger partial charge < -0.3 is 4.90 Å². The van der Waals surface area contributed by atoms with Crippen molar-refractivity contribution in [3.05, 3.63) is 30.1 Å². The largest absolute Gasteiger partial charge is 0.367 e. The lowest BCUT2D eigenvalue weighted by atomic mass is 10.0. The fourth-order valence-corrected chi connectivity index (χ4v) is 1.67. The molecular formula is C12H18FN. The molecule has 0 N–H and O–H groups in total. The lowest BCUT2D eigenvalue weighted by Crippen LogP contribution is -2.41. The Morgan fingerprint density at radius 2 is 1.64 bits per heavy atom. The molecule has 78 valence electrons. The summed E-state index contributed by atoms with van der Waals surface area (Å²) in [6.45, 7) is 9.49. The van der Waals surface area contributed by atoms with Crippen molar-refractivity contribution in [2.75, 3.05) is 11.4 Å². The summed E-state index contributed by atoms with van der Waals surface area (Å²) in [5, 5.41) is 0. The zero-order valence-corrected chi connectivity index (χ0v) is 9.34. The molecule has 0 bridgehead atoms. The van der Waals surface area contributed by atoms with Crippen molar-refractivity contribution >= 4 is 5.69 Å². The van der Waals surface area contributed by atoms with Crippen molar-refractivity contribution in [2.24, 2.45) is 0 Å². The third kappa shape index (κ3) is 2.47. The number of nitrogens with zero attached hydrogens (tertiary/aromatic N) is 1. The SMILES string of the molecule is CCN(c1ccc(F)cc1)C(C)(C)C. The van der Waals surface area contributed by atoms with Crippen molar-refractivity contribution in [1.82, 2.24) is 0 Å². The van der Waals surface area contributed by atoms with Crippen LogP contribution in [0, 0.1) is 5.82 Å². The van der Waals surface area contributed by atoms with Crippen molar-refractivity contribution in [3.63, 3.8) is 0 Å². The number of rotatable bonds is 2. The second kappa shape index (κ2) is 3.99. The van der Waals surface area contributed by atoms with Crippen molar-refractivity contribution in [3.8, 4) is 0 Å². The first kappa shape index (κ1) is 11.0. The monoisotopic (exact) mass is 195 g/mol. The highest BCUT2D eigenvalue weighted by Crippen LogP contribution is 2.23. The molecule has 0 heterocycles. The van der Waals surface area contributed by atoms with E-state index in [1.165, 1.54) is 12.1 Å². The zero-order chi connectivity index (χ0) is 10.8. The van der Waals surface area contributed by atoms with E-state index in [9.17, 15) is 4.39 Å². The molecule has 0 saturated heterocycles. The second-order valence-electron chi connectivity index (χ2n) is 4.39. The van der Waals surface area contributed by atoms with Crippen LogP contribution < -0.4 is 4.90 Å². The van der Waals surface area contributed by atoms with Gasteiger partial charge >= 0.3 is 0 Å². The Morgan fingerprint density at radius 3 is 2.00 bits per heavy atom. The Bertz CT molecular complexity index is 284. The molecular weight excluding hydrogens is 177 g/mol. The average molecular weight is 195 g/mol. The van der Waals surface area contributed by atoms with Crippen molar-refractivity contribution < 1.29 is 4.39 Å². The Balaban J connectivity index is 2.96. The predicted octanol–water partition coefficient (Wildman–Crippen LogP) is 3.45. The maximum absolute atomic E-state index is 12.7. The van der Waals surface area contributed by atoms with E-state index >= 15 is 0 Å². The highest BCUT2D eigenvalue weighted by Gasteiger charge is 2.19. The van der Waals surface area contributed by atoms with E-state index < -0.39 is 0 Å². The third-order valence-corrected chi connectivity index (χ3v) is 2.26. The molecule has 0 aliphatic heterocycles. The molecule has 1 rings (SSSR count). The van der Waals surface area contributed by atoms with Crippen LogP contribution in [-0.4, -0.2) is 12.1 Å². The van der Waals surface area contributed by atoms with Gasteiger partial charge in [-0.25, -0.2) is 4.39 Å². The minimum atomic E-state index is -0.182. The number of benzene rings is 1. The average Bonchev–Trinajstić information content (AvgIpc) is 2.07. The van der Waals surface area contributed by atoms with Crippen LogP contribution in [0.25, 0.3) is 0 Å². The van der Waals surface area contributed by atoms with Crippen molar-refractivity contribution in [2.45, 2.75) is 33.2 Å². The fraction of sp³-hybridized carbons (Fsp3) is 0.500. The first-order valence-corrected chi connectivity index (χ1v) is 4.98. The molecule has 0 aliphatic carbocycles. The van der Waals surface area contributed by atoms with E-state index in [-0.39, 0.29) is 11.4 Å². The standard InChI is InChI=1S/C12H18FN/c1-5-14(12(2,3)4)11-8-6-10(13)7-9-11/h6-9H,5H2,1-4H3. The van der Waals surface area contributed by atoms with Crippen LogP contribution in [0.2, 0.25) is 0 Å². The van der Waals surface area contributed by atoms with E-state index in [0.717, 1.165) is 12.2 Å². The van der Waals surface area contributed by atoms with Gasteiger partial charge in [-0.05, 0) is 52.0 Å². The molecule has 0 unspecified atom stereocenters. The molecule has 1 aromatic carbocycles. The molecule has 0 amide bonds. The molecule has 0 spiro atoms. The van der Waals surface area contributed by atoms with E-state index in [2.05, 4.69) is 32.6 Å². The Hall–Kier alpha value is -1.05. The summed E-state index contributed by atoms with van der Waals surface area (Å²) in [6.07, 6.45) is 0. The molecule has 0 radical (unpaired) electrons. The highest BCUT2D eigenvalue weighted by atomic mass is 19.1. The predicted molar refractivity (Wildman–Crippen MR) is 59.2 cm³/mol. The maximum Gasteiger partial charge on any atom is 0.123 e. The quantitative estimate of drug-likeness (QED) is 0.698. The van der Waals surface area contributed by atoms with E-state index in [1.54, 1.807) is 0 Å². The molecule has 0 fully saturated rings. The van der Waals surface area contributed by atoms with Crippen molar-refractivity contribution in [1.29, 1.82) is 0 Å². The summed E-state index contributed by atoms with van der Waals surface area (Å²) in [6, 6.07) is 6.65. The summed E-state index contributed by atoms with van der Waals surface area (Å²) in [7, 11) is 0. The number of hydrogen-bond acceptors (Lipinski definition) is 1. The molecule has 0 aromatic heterocycles. The number of hydrogen-bond donors (Lipinski definition) is 0.